The SMILES string of the molecule is NC(Cc1cc(F)ccc1F)c1sccc1Br. The molecule has 2 rings (SSSR count). The highest BCUT2D eigenvalue weighted by molar-refractivity contribution is 9.10. The van der Waals surface area contributed by atoms with Crippen molar-refractivity contribution in [3.05, 3.63) is 56.2 Å². The lowest BCUT2D eigenvalue weighted by molar-refractivity contribution is 0.574. The summed E-state index contributed by atoms with van der Waals surface area (Å²) >= 11 is 4.87. The van der Waals surface area contributed by atoms with Crippen molar-refractivity contribution in [1.82, 2.24) is 0 Å². The Hall–Kier alpha value is -0.780. The molecule has 0 saturated heterocycles. The van der Waals surface area contributed by atoms with E-state index in [0.717, 1.165) is 21.5 Å². The van der Waals surface area contributed by atoms with Gasteiger partial charge in [0.1, 0.15) is 11.6 Å². The molecule has 1 unspecified atom stereocenters. The number of thiophene rings is 1. The number of rotatable bonds is 3. The largest absolute Gasteiger partial charge is 0.323 e. The Bertz CT molecular complexity index is 527. The summed E-state index contributed by atoms with van der Waals surface area (Å²) < 4.78 is 27.4. The van der Waals surface area contributed by atoms with E-state index in [1.54, 1.807) is 0 Å². The molecule has 1 atom stereocenters. The highest BCUT2D eigenvalue weighted by atomic mass is 79.9. The zero-order chi connectivity index (χ0) is 12.4. The fraction of sp³-hybridized carbons (Fsp3) is 0.167. The van der Waals surface area contributed by atoms with Crippen LogP contribution in [0.15, 0.2) is 34.1 Å². The fourth-order valence-electron chi connectivity index (χ4n) is 1.60. The second-order valence-electron chi connectivity index (χ2n) is 3.68. The number of hydrogen-bond acceptors (Lipinski definition) is 2. The maximum Gasteiger partial charge on any atom is 0.126 e. The van der Waals surface area contributed by atoms with E-state index in [2.05, 4.69) is 15.9 Å². The van der Waals surface area contributed by atoms with Crippen molar-refractivity contribution >= 4 is 27.3 Å². The van der Waals surface area contributed by atoms with Gasteiger partial charge in [0, 0.05) is 15.4 Å². The lowest BCUT2D eigenvalue weighted by Crippen LogP contribution is -2.13. The molecule has 1 nitrogen and oxygen atoms in total. The molecule has 2 aromatic rings. The van der Waals surface area contributed by atoms with Crippen LogP contribution in [0.4, 0.5) is 8.78 Å². The predicted octanol–water partition coefficient (Wildman–Crippen LogP) is 4.03. The van der Waals surface area contributed by atoms with Gasteiger partial charge in [-0.25, -0.2) is 8.78 Å². The Morgan fingerprint density at radius 2 is 2.06 bits per heavy atom. The summed E-state index contributed by atoms with van der Waals surface area (Å²) in [5.41, 5.74) is 6.29. The Morgan fingerprint density at radius 1 is 1.29 bits per heavy atom. The highest BCUT2D eigenvalue weighted by Gasteiger charge is 2.14. The van der Waals surface area contributed by atoms with E-state index in [1.807, 2.05) is 11.4 Å². The first-order chi connectivity index (χ1) is 8.08. The zero-order valence-electron chi connectivity index (χ0n) is 8.79. The molecule has 17 heavy (non-hydrogen) atoms. The van der Waals surface area contributed by atoms with Crippen LogP contribution in [0.5, 0.6) is 0 Å². The van der Waals surface area contributed by atoms with Gasteiger partial charge in [0.05, 0.1) is 0 Å². The van der Waals surface area contributed by atoms with Crippen molar-refractivity contribution in [2.45, 2.75) is 12.5 Å². The molecule has 90 valence electrons. The van der Waals surface area contributed by atoms with E-state index in [1.165, 1.54) is 17.4 Å². The summed E-state index contributed by atoms with van der Waals surface area (Å²) in [7, 11) is 0. The molecular weight excluding hydrogens is 308 g/mol. The Morgan fingerprint density at radius 3 is 2.71 bits per heavy atom. The lowest BCUT2D eigenvalue weighted by Gasteiger charge is -2.11. The van der Waals surface area contributed by atoms with Crippen LogP contribution in [0.2, 0.25) is 0 Å². The molecule has 5 heteroatoms. The van der Waals surface area contributed by atoms with E-state index in [0.29, 0.717) is 5.56 Å². The lowest BCUT2D eigenvalue weighted by atomic mass is 10.0. The normalized spacial score (nSPS) is 12.7. The maximum atomic E-state index is 13.4. The van der Waals surface area contributed by atoms with Crippen LogP contribution in [-0.2, 0) is 6.42 Å². The van der Waals surface area contributed by atoms with Crippen LogP contribution in [0.25, 0.3) is 0 Å². The second kappa shape index (κ2) is 5.25. The topological polar surface area (TPSA) is 26.0 Å². The van der Waals surface area contributed by atoms with Crippen LogP contribution in [0, 0.1) is 11.6 Å². The highest BCUT2D eigenvalue weighted by Crippen LogP contribution is 2.30. The number of hydrogen-bond donors (Lipinski definition) is 1. The van der Waals surface area contributed by atoms with Crippen LogP contribution in [-0.4, -0.2) is 0 Å². The Labute approximate surface area is 110 Å². The summed E-state index contributed by atoms with van der Waals surface area (Å²) in [4.78, 5) is 0.939. The average Bonchev–Trinajstić information content (AvgIpc) is 2.70. The third-order valence-corrected chi connectivity index (χ3v) is 4.43. The monoisotopic (exact) mass is 317 g/mol. The molecule has 0 amide bonds. The average molecular weight is 318 g/mol. The zero-order valence-corrected chi connectivity index (χ0v) is 11.2. The standard InChI is InChI=1S/C12H10BrF2NS/c13-9-3-4-17-12(9)11(16)6-7-5-8(14)1-2-10(7)15/h1-5,11H,6,16H2. The molecule has 0 bridgehead atoms. The van der Waals surface area contributed by atoms with Crippen LogP contribution in [0.3, 0.4) is 0 Å². The second-order valence-corrected chi connectivity index (χ2v) is 5.48. The minimum Gasteiger partial charge on any atom is -0.323 e. The maximum absolute atomic E-state index is 13.4. The first-order valence-corrected chi connectivity index (χ1v) is 6.67. The quantitative estimate of drug-likeness (QED) is 0.908. The molecule has 0 saturated carbocycles. The molecule has 1 aromatic heterocycles. The van der Waals surface area contributed by atoms with Crippen LogP contribution in [0.1, 0.15) is 16.5 Å². The number of nitrogens with two attached hydrogens (primary N) is 1. The van der Waals surface area contributed by atoms with Gasteiger partial charge < -0.3 is 5.73 Å². The van der Waals surface area contributed by atoms with Crippen molar-refractivity contribution in [2.24, 2.45) is 5.73 Å². The first kappa shape index (κ1) is 12.7. The molecular formula is C12H10BrF2NS. The van der Waals surface area contributed by atoms with Crippen molar-refractivity contribution < 1.29 is 8.78 Å². The molecule has 2 N–H and O–H groups in total. The van der Waals surface area contributed by atoms with Gasteiger partial charge in [-0.1, -0.05) is 0 Å². The van der Waals surface area contributed by atoms with Gasteiger partial charge in [-0.2, -0.15) is 0 Å². The van der Waals surface area contributed by atoms with Crippen molar-refractivity contribution in [1.29, 1.82) is 0 Å². The molecule has 0 fully saturated rings. The third-order valence-electron chi connectivity index (χ3n) is 2.43. The fourth-order valence-corrected chi connectivity index (χ4v) is 3.27. The first-order valence-electron chi connectivity index (χ1n) is 5.00. The minimum atomic E-state index is -0.446. The van der Waals surface area contributed by atoms with E-state index in [4.69, 9.17) is 5.73 Å². The van der Waals surface area contributed by atoms with Crippen molar-refractivity contribution in [3.63, 3.8) is 0 Å². The molecule has 0 spiro atoms. The van der Waals surface area contributed by atoms with Crippen LogP contribution >= 0.6 is 27.3 Å². The van der Waals surface area contributed by atoms with Crippen molar-refractivity contribution in [2.75, 3.05) is 0 Å². The smallest absolute Gasteiger partial charge is 0.126 e. The number of halogens is 3. The summed E-state index contributed by atoms with van der Waals surface area (Å²) in [6, 6.07) is 4.98. The Kier molecular flexibility index (Phi) is 3.91. The van der Waals surface area contributed by atoms with Gasteiger partial charge >= 0.3 is 0 Å². The molecule has 0 aliphatic heterocycles. The molecule has 0 aliphatic rings. The van der Waals surface area contributed by atoms with E-state index < -0.39 is 11.6 Å². The van der Waals surface area contributed by atoms with Gasteiger partial charge in [-0.15, -0.1) is 11.3 Å². The van der Waals surface area contributed by atoms with Gasteiger partial charge in [-0.3, -0.25) is 0 Å². The van der Waals surface area contributed by atoms with Gasteiger partial charge in [0.25, 0.3) is 0 Å². The summed E-state index contributed by atoms with van der Waals surface area (Å²) in [6.45, 7) is 0. The minimum absolute atomic E-state index is 0.280. The number of benzene rings is 1. The van der Waals surface area contributed by atoms with Gasteiger partial charge in [0.15, 0.2) is 0 Å². The third kappa shape index (κ3) is 2.91. The van der Waals surface area contributed by atoms with E-state index >= 15 is 0 Å². The molecule has 1 heterocycles. The molecule has 1 aromatic carbocycles. The van der Waals surface area contributed by atoms with Gasteiger partial charge in [0.2, 0.25) is 0 Å². The molecule has 0 aliphatic carbocycles. The summed E-state index contributed by atoms with van der Waals surface area (Å²) in [5, 5.41) is 1.90. The predicted molar refractivity (Wildman–Crippen MR) is 69.0 cm³/mol. The Balaban J connectivity index is 2.21. The van der Waals surface area contributed by atoms with Gasteiger partial charge in [-0.05, 0) is 57.6 Å². The van der Waals surface area contributed by atoms with E-state index in [-0.39, 0.29) is 12.5 Å². The van der Waals surface area contributed by atoms with Crippen LogP contribution < -0.4 is 5.73 Å². The molecule has 0 radical (unpaired) electrons. The summed E-state index contributed by atoms with van der Waals surface area (Å²) in [6.07, 6.45) is 0.280. The summed E-state index contributed by atoms with van der Waals surface area (Å²) in [5.74, 6) is -0.867. The van der Waals surface area contributed by atoms with Crippen molar-refractivity contribution in [3.8, 4) is 0 Å². The van der Waals surface area contributed by atoms with E-state index in [9.17, 15) is 8.78 Å².